The van der Waals surface area contributed by atoms with Crippen LogP contribution in [-0.4, -0.2) is 5.88 Å². The van der Waals surface area contributed by atoms with Gasteiger partial charge in [0.25, 0.3) is 0 Å². The second kappa shape index (κ2) is 7.40. The summed E-state index contributed by atoms with van der Waals surface area (Å²) in [7, 11) is 0. The van der Waals surface area contributed by atoms with Crippen LogP contribution in [0, 0.1) is 11.3 Å². The molecule has 0 aliphatic rings. The molecular formula is C16H24Cl2. The highest BCUT2D eigenvalue weighted by Gasteiger charge is 2.13. The quantitative estimate of drug-likeness (QED) is 0.567. The molecule has 0 fully saturated rings. The van der Waals surface area contributed by atoms with Crippen LogP contribution in [-0.2, 0) is 6.42 Å². The Hall–Kier alpha value is -0.200. The Kier molecular flexibility index (Phi) is 6.52. The van der Waals surface area contributed by atoms with Gasteiger partial charge < -0.3 is 0 Å². The molecule has 1 rings (SSSR count). The maximum Gasteiger partial charge on any atom is 0.0408 e. The van der Waals surface area contributed by atoms with Gasteiger partial charge in [0, 0.05) is 10.9 Å². The van der Waals surface area contributed by atoms with Gasteiger partial charge in [-0.05, 0) is 48.3 Å². The normalized spacial score (nSPS) is 13.6. The van der Waals surface area contributed by atoms with Crippen LogP contribution in [0.4, 0.5) is 0 Å². The summed E-state index contributed by atoms with van der Waals surface area (Å²) in [6.45, 7) is 6.87. The predicted molar refractivity (Wildman–Crippen MR) is 82.7 cm³/mol. The van der Waals surface area contributed by atoms with Crippen molar-refractivity contribution in [1.29, 1.82) is 0 Å². The molecule has 18 heavy (non-hydrogen) atoms. The van der Waals surface area contributed by atoms with E-state index in [1.54, 1.807) is 0 Å². The molecule has 0 N–H and O–H groups in total. The fraction of sp³-hybridized carbons (Fsp3) is 0.625. The van der Waals surface area contributed by atoms with Gasteiger partial charge in [-0.25, -0.2) is 0 Å². The molecule has 102 valence electrons. The van der Waals surface area contributed by atoms with Crippen molar-refractivity contribution < 1.29 is 0 Å². The van der Waals surface area contributed by atoms with E-state index in [1.807, 2.05) is 18.2 Å². The van der Waals surface area contributed by atoms with Crippen molar-refractivity contribution in [3.8, 4) is 0 Å². The van der Waals surface area contributed by atoms with Crippen LogP contribution in [0.15, 0.2) is 24.3 Å². The summed E-state index contributed by atoms with van der Waals surface area (Å²) >= 11 is 12.1. The lowest BCUT2D eigenvalue weighted by Crippen LogP contribution is -2.10. The summed E-state index contributed by atoms with van der Waals surface area (Å²) in [5.74, 6) is 1.30. The second-order valence-electron chi connectivity index (χ2n) is 6.31. The van der Waals surface area contributed by atoms with E-state index in [0.29, 0.717) is 11.3 Å². The van der Waals surface area contributed by atoms with E-state index in [4.69, 9.17) is 23.2 Å². The van der Waals surface area contributed by atoms with Crippen molar-refractivity contribution in [3.63, 3.8) is 0 Å². The minimum atomic E-state index is 0.424. The lowest BCUT2D eigenvalue weighted by molar-refractivity contribution is 0.343. The van der Waals surface area contributed by atoms with E-state index in [2.05, 4.69) is 26.8 Å². The number of alkyl halides is 1. The van der Waals surface area contributed by atoms with Crippen molar-refractivity contribution in [2.45, 2.75) is 46.5 Å². The number of hydrogen-bond acceptors (Lipinski definition) is 0. The molecule has 0 bridgehead atoms. The molecule has 2 heteroatoms. The molecule has 0 heterocycles. The third-order valence-electron chi connectivity index (χ3n) is 3.17. The van der Waals surface area contributed by atoms with Crippen molar-refractivity contribution >= 4 is 23.2 Å². The molecule has 0 aromatic heterocycles. The largest absolute Gasteiger partial charge is 0.126 e. The molecule has 1 atom stereocenters. The van der Waals surface area contributed by atoms with Gasteiger partial charge in [-0.15, -0.1) is 11.6 Å². The summed E-state index contributed by atoms with van der Waals surface area (Å²) in [4.78, 5) is 0. The van der Waals surface area contributed by atoms with Crippen LogP contribution in [0.3, 0.4) is 0 Å². The van der Waals surface area contributed by atoms with Crippen molar-refractivity contribution in [1.82, 2.24) is 0 Å². The lowest BCUT2D eigenvalue weighted by Gasteiger charge is -2.20. The molecule has 0 spiro atoms. The first-order valence-electron chi connectivity index (χ1n) is 6.71. The number of rotatable bonds is 6. The zero-order valence-electron chi connectivity index (χ0n) is 11.7. The minimum Gasteiger partial charge on any atom is -0.126 e. The van der Waals surface area contributed by atoms with Crippen molar-refractivity contribution in [3.05, 3.63) is 34.9 Å². The molecule has 0 aliphatic carbocycles. The van der Waals surface area contributed by atoms with Crippen LogP contribution in [0.5, 0.6) is 0 Å². The third-order valence-corrected chi connectivity index (χ3v) is 3.84. The Morgan fingerprint density at radius 1 is 1.22 bits per heavy atom. The summed E-state index contributed by atoms with van der Waals surface area (Å²) < 4.78 is 0. The highest BCUT2D eigenvalue weighted by molar-refractivity contribution is 6.30. The lowest BCUT2D eigenvalue weighted by atomic mass is 9.87. The van der Waals surface area contributed by atoms with Crippen molar-refractivity contribution in [2.75, 3.05) is 5.88 Å². The van der Waals surface area contributed by atoms with Crippen molar-refractivity contribution in [2.24, 2.45) is 11.3 Å². The molecular weight excluding hydrogens is 263 g/mol. The van der Waals surface area contributed by atoms with Gasteiger partial charge in [0.15, 0.2) is 0 Å². The van der Waals surface area contributed by atoms with Crippen LogP contribution in [0.25, 0.3) is 0 Å². The Balaban J connectivity index is 2.42. The highest BCUT2D eigenvalue weighted by atomic mass is 35.5. The van der Waals surface area contributed by atoms with E-state index in [0.717, 1.165) is 17.3 Å². The summed E-state index contributed by atoms with van der Waals surface area (Å²) in [5, 5.41) is 0.815. The number of halogens is 2. The van der Waals surface area contributed by atoms with E-state index >= 15 is 0 Å². The van der Waals surface area contributed by atoms with E-state index in [9.17, 15) is 0 Å². The van der Waals surface area contributed by atoms with Gasteiger partial charge in [-0.2, -0.15) is 0 Å². The Morgan fingerprint density at radius 2 is 1.94 bits per heavy atom. The van der Waals surface area contributed by atoms with Crippen LogP contribution < -0.4 is 0 Å². The van der Waals surface area contributed by atoms with Crippen LogP contribution >= 0.6 is 23.2 Å². The van der Waals surface area contributed by atoms with Gasteiger partial charge >= 0.3 is 0 Å². The molecule has 0 saturated carbocycles. The third kappa shape index (κ3) is 6.66. The fourth-order valence-corrected chi connectivity index (χ4v) is 2.63. The highest BCUT2D eigenvalue weighted by Crippen LogP contribution is 2.25. The summed E-state index contributed by atoms with van der Waals surface area (Å²) in [6.07, 6.45) is 4.75. The maximum atomic E-state index is 6.07. The monoisotopic (exact) mass is 286 g/mol. The Bertz CT molecular complexity index is 352. The Morgan fingerprint density at radius 3 is 2.50 bits per heavy atom. The fourth-order valence-electron chi connectivity index (χ4n) is 2.15. The molecule has 1 unspecified atom stereocenters. The summed E-state index contributed by atoms with van der Waals surface area (Å²) in [5.41, 5.74) is 1.72. The standard InChI is InChI=1S/C16H24Cl2/c1-16(2,3)9-5-7-14(12-17)10-13-6-4-8-15(18)11-13/h4,6,8,11,14H,5,7,9-10,12H2,1-3H3. The van der Waals surface area contributed by atoms with Crippen LogP contribution in [0.1, 0.15) is 45.6 Å². The number of hydrogen-bond donors (Lipinski definition) is 0. The zero-order chi connectivity index (χ0) is 13.6. The molecule has 0 radical (unpaired) electrons. The maximum absolute atomic E-state index is 6.07. The zero-order valence-corrected chi connectivity index (χ0v) is 13.2. The van der Waals surface area contributed by atoms with E-state index < -0.39 is 0 Å². The van der Waals surface area contributed by atoms with Crippen LogP contribution in [0.2, 0.25) is 5.02 Å². The average molecular weight is 287 g/mol. The van der Waals surface area contributed by atoms with Gasteiger partial charge in [0.2, 0.25) is 0 Å². The smallest absolute Gasteiger partial charge is 0.0408 e. The minimum absolute atomic E-state index is 0.424. The number of benzene rings is 1. The first-order valence-corrected chi connectivity index (χ1v) is 7.62. The van der Waals surface area contributed by atoms with Gasteiger partial charge in [-0.1, -0.05) is 50.9 Å². The Labute approximate surface area is 122 Å². The van der Waals surface area contributed by atoms with Gasteiger partial charge in [-0.3, -0.25) is 0 Å². The first kappa shape index (κ1) is 15.9. The predicted octanol–water partition coefficient (Wildman–Crippen LogP) is 5.95. The SMILES string of the molecule is CC(C)(C)CCCC(CCl)Cc1cccc(Cl)c1. The molecule has 0 aliphatic heterocycles. The molecule has 1 aromatic carbocycles. The van der Waals surface area contributed by atoms with Gasteiger partial charge in [0.1, 0.15) is 0 Å². The van der Waals surface area contributed by atoms with E-state index in [1.165, 1.54) is 24.8 Å². The van der Waals surface area contributed by atoms with Gasteiger partial charge in [0.05, 0.1) is 0 Å². The first-order chi connectivity index (χ1) is 8.40. The summed E-state index contributed by atoms with van der Waals surface area (Å²) in [6, 6.07) is 8.11. The topological polar surface area (TPSA) is 0 Å². The molecule has 0 amide bonds. The average Bonchev–Trinajstić information content (AvgIpc) is 2.26. The molecule has 0 nitrogen and oxygen atoms in total. The molecule has 1 aromatic rings. The molecule has 0 saturated heterocycles. The van der Waals surface area contributed by atoms with E-state index in [-0.39, 0.29) is 0 Å². The second-order valence-corrected chi connectivity index (χ2v) is 7.05.